The summed E-state index contributed by atoms with van der Waals surface area (Å²) >= 11 is 0. The second-order valence-corrected chi connectivity index (χ2v) is 8.83. The van der Waals surface area contributed by atoms with E-state index in [-0.39, 0.29) is 16.8 Å². The zero-order valence-corrected chi connectivity index (χ0v) is 20.3. The number of nitrogens with zero attached hydrogens (tertiary/aromatic N) is 1. The van der Waals surface area contributed by atoms with E-state index in [1.54, 1.807) is 6.92 Å². The van der Waals surface area contributed by atoms with E-state index in [1.807, 2.05) is 36.4 Å². The molecule has 182 valence electrons. The molecular formula is C28H36N2O4. The summed E-state index contributed by atoms with van der Waals surface area (Å²) in [5.41, 5.74) is 4.06. The number of hydrogen-bond acceptors (Lipinski definition) is 4. The van der Waals surface area contributed by atoms with Gasteiger partial charge >= 0.3 is 5.97 Å². The number of nitrogens with one attached hydrogen (secondary N) is 1. The molecule has 0 fully saturated rings. The van der Waals surface area contributed by atoms with Gasteiger partial charge in [0.15, 0.2) is 0 Å². The van der Waals surface area contributed by atoms with E-state index in [0.717, 1.165) is 53.4 Å². The summed E-state index contributed by atoms with van der Waals surface area (Å²) in [6.45, 7) is 4.29. The molecule has 2 unspecified atom stereocenters. The largest absolute Gasteiger partial charge is 0.466 e. The maximum absolute atomic E-state index is 12.4. The third-order valence-corrected chi connectivity index (χ3v) is 6.47. The second kappa shape index (κ2) is 12.9. The lowest BCUT2D eigenvalue weighted by molar-refractivity contribution is -0.528. The van der Waals surface area contributed by atoms with E-state index >= 15 is 0 Å². The van der Waals surface area contributed by atoms with Crippen LogP contribution in [0.15, 0.2) is 54.6 Å². The first-order valence-corrected chi connectivity index (χ1v) is 12.5. The molecule has 6 nitrogen and oxygen atoms in total. The van der Waals surface area contributed by atoms with Crippen molar-refractivity contribution in [3.63, 3.8) is 0 Å². The number of fused-ring (bicyclic) bond motifs is 1. The van der Waals surface area contributed by atoms with Gasteiger partial charge in [0, 0.05) is 28.7 Å². The number of benzene rings is 2. The Labute approximate surface area is 201 Å². The van der Waals surface area contributed by atoms with Gasteiger partial charge in [-0.05, 0) is 43.4 Å². The fourth-order valence-electron chi connectivity index (χ4n) is 4.83. The molecule has 0 saturated heterocycles. The lowest BCUT2D eigenvalue weighted by Crippen LogP contribution is -2.28. The highest BCUT2D eigenvalue weighted by Crippen LogP contribution is 2.41. The second-order valence-electron chi connectivity index (χ2n) is 8.83. The molecule has 0 aliphatic rings. The molecular weight excluding hydrogens is 428 g/mol. The van der Waals surface area contributed by atoms with Gasteiger partial charge < -0.3 is 9.72 Å². The Morgan fingerprint density at radius 3 is 2.38 bits per heavy atom. The normalized spacial score (nSPS) is 13.0. The molecule has 0 aliphatic heterocycles. The average Bonchev–Trinajstić information content (AvgIpc) is 3.22. The van der Waals surface area contributed by atoms with Crippen LogP contribution in [0.2, 0.25) is 0 Å². The van der Waals surface area contributed by atoms with Gasteiger partial charge in [0.05, 0.1) is 18.2 Å². The molecule has 1 heterocycles. The number of aromatic amines is 1. The van der Waals surface area contributed by atoms with Crippen LogP contribution in [0.3, 0.4) is 0 Å². The van der Waals surface area contributed by atoms with Crippen LogP contribution in [0.1, 0.15) is 76.7 Å². The predicted molar refractivity (Wildman–Crippen MR) is 137 cm³/mol. The van der Waals surface area contributed by atoms with Gasteiger partial charge in [0.2, 0.25) is 6.04 Å². The Hall–Kier alpha value is -3.15. The molecule has 2 atom stereocenters. The predicted octanol–water partition coefficient (Wildman–Crippen LogP) is 7.27. The van der Waals surface area contributed by atoms with Crippen LogP contribution < -0.4 is 0 Å². The van der Waals surface area contributed by atoms with Gasteiger partial charge in [0.1, 0.15) is 0 Å². The van der Waals surface area contributed by atoms with Crippen molar-refractivity contribution in [2.24, 2.45) is 0 Å². The van der Waals surface area contributed by atoms with E-state index < -0.39 is 6.04 Å². The minimum Gasteiger partial charge on any atom is -0.466 e. The van der Waals surface area contributed by atoms with Crippen LogP contribution in [0.4, 0.5) is 0 Å². The molecule has 3 rings (SSSR count). The number of nitro groups is 1. The molecule has 0 aliphatic carbocycles. The number of hydrogen-bond donors (Lipinski definition) is 1. The zero-order chi connectivity index (χ0) is 24.3. The molecule has 0 amide bonds. The molecule has 0 radical (unpaired) electrons. The number of H-pyrrole nitrogens is 1. The van der Waals surface area contributed by atoms with Crippen molar-refractivity contribution in [3.8, 4) is 11.3 Å². The Morgan fingerprint density at radius 1 is 0.971 bits per heavy atom. The Kier molecular flexibility index (Phi) is 9.68. The fraction of sp³-hybridized carbons (Fsp3) is 0.464. The maximum atomic E-state index is 12.4. The first-order valence-electron chi connectivity index (χ1n) is 12.5. The summed E-state index contributed by atoms with van der Waals surface area (Å²) in [5, 5.41) is 13.4. The third-order valence-electron chi connectivity index (χ3n) is 6.47. The van der Waals surface area contributed by atoms with Crippen LogP contribution in [0.5, 0.6) is 0 Å². The van der Waals surface area contributed by atoms with E-state index in [4.69, 9.17) is 4.74 Å². The van der Waals surface area contributed by atoms with Crippen molar-refractivity contribution < 1.29 is 14.5 Å². The number of carbonyl (C=O) groups excluding carboxylic acids is 1. The Balaban J connectivity index is 1.97. The minimum atomic E-state index is -0.708. The van der Waals surface area contributed by atoms with Crippen LogP contribution in [0, 0.1) is 10.1 Å². The maximum Gasteiger partial charge on any atom is 0.305 e. The number of unbranched alkanes of at least 4 members (excludes halogenated alkanes) is 3. The van der Waals surface area contributed by atoms with Gasteiger partial charge in [0.25, 0.3) is 0 Å². The monoisotopic (exact) mass is 464 g/mol. The van der Waals surface area contributed by atoms with E-state index in [2.05, 4.69) is 30.1 Å². The van der Waals surface area contributed by atoms with Crippen molar-refractivity contribution in [2.45, 2.75) is 77.2 Å². The number of rotatable bonds is 14. The molecule has 6 heteroatoms. The Morgan fingerprint density at radius 2 is 1.68 bits per heavy atom. The lowest BCUT2D eigenvalue weighted by atomic mass is 9.82. The Bertz CT molecular complexity index is 1060. The van der Waals surface area contributed by atoms with Crippen LogP contribution >= 0.6 is 0 Å². The minimum absolute atomic E-state index is 0.0997. The summed E-state index contributed by atoms with van der Waals surface area (Å²) in [6.07, 6.45) is 5.79. The standard InChI is InChI=1S/C28H36N2O4/c1-3-5-7-17-23(25(30(32)33)19-12-13-20-26(31)34-4-2)27-22-16-10-11-18-24(22)29-28(27)21-14-8-6-9-15-21/h6,8-11,14-16,18,23,25,29H,3-5,7,12-13,17,19-20H2,1-2H3. The van der Waals surface area contributed by atoms with Crippen molar-refractivity contribution in [3.05, 3.63) is 70.3 Å². The number of esters is 1. The molecule has 0 spiro atoms. The molecule has 3 aromatic rings. The van der Waals surface area contributed by atoms with Crippen molar-refractivity contribution >= 4 is 16.9 Å². The fourth-order valence-corrected chi connectivity index (χ4v) is 4.83. The highest BCUT2D eigenvalue weighted by molar-refractivity contribution is 5.91. The molecule has 2 aromatic carbocycles. The van der Waals surface area contributed by atoms with Gasteiger partial charge in [-0.25, -0.2) is 0 Å². The van der Waals surface area contributed by atoms with Crippen molar-refractivity contribution in [1.82, 2.24) is 4.98 Å². The van der Waals surface area contributed by atoms with E-state index in [9.17, 15) is 14.9 Å². The molecule has 0 saturated carbocycles. The van der Waals surface area contributed by atoms with Crippen LogP contribution in [-0.4, -0.2) is 28.5 Å². The summed E-state index contributed by atoms with van der Waals surface area (Å²) in [7, 11) is 0. The summed E-state index contributed by atoms with van der Waals surface area (Å²) in [6, 6.07) is 17.5. The molecule has 0 bridgehead atoms. The number of para-hydroxylation sites is 1. The first-order chi connectivity index (χ1) is 16.6. The average molecular weight is 465 g/mol. The van der Waals surface area contributed by atoms with E-state index in [1.165, 1.54) is 0 Å². The number of carbonyl (C=O) groups is 1. The van der Waals surface area contributed by atoms with Gasteiger partial charge in [-0.2, -0.15) is 0 Å². The quantitative estimate of drug-likeness (QED) is 0.118. The van der Waals surface area contributed by atoms with Crippen LogP contribution in [0.25, 0.3) is 22.2 Å². The smallest absolute Gasteiger partial charge is 0.305 e. The van der Waals surface area contributed by atoms with Gasteiger partial charge in [-0.3, -0.25) is 14.9 Å². The van der Waals surface area contributed by atoms with Gasteiger partial charge in [-0.15, -0.1) is 0 Å². The lowest BCUT2D eigenvalue weighted by Gasteiger charge is -2.23. The number of aromatic nitrogens is 1. The first kappa shape index (κ1) is 25.5. The molecule has 34 heavy (non-hydrogen) atoms. The highest BCUT2D eigenvalue weighted by Gasteiger charge is 2.35. The summed E-state index contributed by atoms with van der Waals surface area (Å²) < 4.78 is 5.00. The summed E-state index contributed by atoms with van der Waals surface area (Å²) in [5.74, 6) is -0.446. The van der Waals surface area contributed by atoms with Gasteiger partial charge in [-0.1, -0.05) is 74.7 Å². The molecule has 1 N–H and O–H groups in total. The molecule has 1 aromatic heterocycles. The van der Waals surface area contributed by atoms with Crippen molar-refractivity contribution in [1.29, 1.82) is 0 Å². The highest BCUT2D eigenvalue weighted by atomic mass is 16.6. The SMILES string of the molecule is CCCCCC(c1c(-c2ccccc2)[nH]c2ccccc12)C(CCCCC(=O)OCC)[N+](=O)[O-]. The van der Waals surface area contributed by atoms with Crippen molar-refractivity contribution in [2.75, 3.05) is 6.61 Å². The third kappa shape index (κ3) is 6.46. The number of ether oxygens (including phenoxy) is 1. The van der Waals surface area contributed by atoms with Crippen LogP contribution in [-0.2, 0) is 9.53 Å². The summed E-state index contributed by atoms with van der Waals surface area (Å²) in [4.78, 5) is 27.5. The zero-order valence-electron chi connectivity index (χ0n) is 20.3. The topological polar surface area (TPSA) is 85.2 Å². The van der Waals surface area contributed by atoms with E-state index in [0.29, 0.717) is 32.3 Å².